The zero-order valence-corrected chi connectivity index (χ0v) is 21.4. The smallest absolute Gasteiger partial charge is 0.317 e. The zero-order valence-electron chi connectivity index (χ0n) is 19.8. The van der Waals surface area contributed by atoms with Crippen LogP contribution in [0.25, 0.3) is 0 Å². The molecule has 1 aromatic heterocycles. The van der Waals surface area contributed by atoms with Crippen LogP contribution in [-0.4, -0.2) is 53.7 Å². The second kappa shape index (κ2) is 10.7. The van der Waals surface area contributed by atoms with Crippen molar-refractivity contribution >= 4 is 11.8 Å². The molecule has 2 aromatic rings. The van der Waals surface area contributed by atoms with Crippen LogP contribution in [0.15, 0.2) is 47.2 Å². The first-order valence-corrected chi connectivity index (χ1v) is 12.6. The number of piperidine rings is 3. The first kappa shape index (κ1) is 25.1. The number of hydrogen-bond acceptors (Lipinski definition) is 5. The average molecular weight is 531 g/mol. The highest BCUT2D eigenvalue weighted by Crippen LogP contribution is 2.42. The van der Waals surface area contributed by atoms with Gasteiger partial charge in [-0.1, -0.05) is 61.2 Å². The fourth-order valence-electron chi connectivity index (χ4n) is 6.49. The van der Waals surface area contributed by atoms with Crippen molar-refractivity contribution in [1.29, 1.82) is 0 Å². The van der Waals surface area contributed by atoms with Gasteiger partial charge >= 0.3 is 5.97 Å². The highest BCUT2D eigenvalue weighted by molar-refractivity contribution is 5.83. The Labute approximate surface area is 212 Å². The Hall–Kier alpha value is -1.99. The van der Waals surface area contributed by atoms with Gasteiger partial charge in [-0.3, -0.25) is 9.59 Å². The third-order valence-electron chi connectivity index (χ3n) is 8.36. The largest absolute Gasteiger partial charge is 1.00 e. The number of Topliss-reactive ketones (excluding diaryl/α,β-unsaturated/α-hetero) is 1. The van der Waals surface area contributed by atoms with E-state index >= 15 is 0 Å². The molecule has 3 aliphatic heterocycles. The Kier molecular flexibility index (Phi) is 7.93. The van der Waals surface area contributed by atoms with Crippen molar-refractivity contribution in [3.8, 4) is 0 Å². The highest BCUT2D eigenvalue weighted by atomic mass is 79.9. The number of carbonyl (C=O) groups is 2. The second-order valence-electron chi connectivity index (χ2n) is 10.5. The second-order valence-corrected chi connectivity index (χ2v) is 10.5. The lowest BCUT2D eigenvalue weighted by Crippen LogP contribution is -3.00. The van der Waals surface area contributed by atoms with Crippen molar-refractivity contribution in [1.82, 2.24) is 5.16 Å². The lowest BCUT2D eigenvalue weighted by Gasteiger charge is -2.52. The number of rotatable bonds is 7. The van der Waals surface area contributed by atoms with Crippen molar-refractivity contribution in [3.05, 3.63) is 53.9 Å². The molecule has 3 saturated heterocycles. The van der Waals surface area contributed by atoms with Gasteiger partial charge < -0.3 is 30.7 Å². The van der Waals surface area contributed by atoms with E-state index in [1.807, 2.05) is 18.2 Å². The number of ketones is 1. The van der Waals surface area contributed by atoms with E-state index in [0.717, 1.165) is 68.2 Å². The molecule has 1 saturated carbocycles. The minimum Gasteiger partial charge on any atom is -1.00 e. The first-order chi connectivity index (χ1) is 16.1. The molecular weight excluding hydrogens is 496 g/mol. The van der Waals surface area contributed by atoms with Crippen molar-refractivity contribution < 1.29 is 40.3 Å². The van der Waals surface area contributed by atoms with Crippen LogP contribution in [0.1, 0.15) is 62.6 Å². The summed E-state index contributed by atoms with van der Waals surface area (Å²) in [5.41, 5.74) is 1.26. The van der Waals surface area contributed by atoms with Gasteiger partial charge in [0, 0.05) is 24.8 Å². The van der Waals surface area contributed by atoms with Gasteiger partial charge in [-0.2, -0.15) is 0 Å². The Morgan fingerprint density at radius 1 is 1.03 bits per heavy atom. The van der Waals surface area contributed by atoms with E-state index in [9.17, 15) is 9.59 Å². The molecule has 0 unspecified atom stereocenters. The van der Waals surface area contributed by atoms with Gasteiger partial charge in [0.25, 0.3) is 0 Å². The Bertz CT molecular complexity index is 946. The van der Waals surface area contributed by atoms with Crippen molar-refractivity contribution in [2.24, 2.45) is 5.92 Å². The molecule has 6 rings (SSSR count). The molecule has 4 heterocycles. The molecule has 0 spiro atoms. The standard InChI is InChI=1S/C27H35N2O4.BrH/c30-24(18-23-12-17-32-28-23)19-29-15-10-21(11-16-29)25(20-29)33-26(31)27(13-6-1-2-7-14-27)22-8-4-3-5-9-22;/h3-5,8-9,12,17,21,25H,1-2,6-7,10-11,13-16,18-20H2;1H/q+1;/p-1/t21?,25-,29?;/m0./s1. The van der Waals surface area contributed by atoms with Gasteiger partial charge in [0.2, 0.25) is 0 Å². The average Bonchev–Trinajstić information content (AvgIpc) is 3.20. The van der Waals surface area contributed by atoms with Crippen LogP contribution in [0.5, 0.6) is 0 Å². The van der Waals surface area contributed by atoms with E-state index in [2.05, 4.69) is 17.3 Å². The quantitative estimate of drug-likeness (QED) is 0.306. The third kappa shape index (κ3) is 5.15. The Morgan fingerprint density at radius 3 is 2.38 bits per heavy atom. The molecule has 0 N–H and O–H groups in total. The molecule has 184 valence electrons. The van der Waals surface area contributed by atoms with Crippen LogP contribution in [-0.2, 0) is 26.2 Å². The van der Waals surface area contributed by atoms with Crippen LogP contribution >= 0.6 is 0 Å². The number of esters is 1. The number of aromatic nitrogens is 1. The van der Waals surface area contributed by atoms with Gasteiger partial charge in [0.05, 0.1) is 30.6 Å². The monoisotopic (exact) mass is 530 g/mol. The van der Waals surface area contributed by atoms with E-state index < -0.39 is 5.41 Å². The maximum absolute atomic E-state index is 13.8. The Balaban J connectivity index is 0.00000274. The normalized spacial score (nSPS) is 27.9. The van der Waals surface area contributed by atoms with Crippen LogP contribution in [0.2, 0.25) is 0 Å². The van der Waals surface area contributed by atoms with Gasteiger partial charge in [0.15, 0.2) is 11.9 Å². The van der Waals surface area contributed by atoms with Crippen molar-refractivity contribution in [3.63, 3.8) is 0 Å². The van der Waals surface area contributed by atoms with Gasteiger partial charge in [-0.05, 0) is 18.4 Å². The molecule has 7 heteroatoms. The van der Waals surface area contributed by atoms with E-state index in [4.69, 9.17) is 9.26 Å². The number of fused-ring (bicyclic) bond motifs is 3. The summed E-state index contributed by atoms with van der Waals surface area (Å²) >= 11 is 0. The predicted octanol–water partition coefficient (Wildman–Crippen LogP) is 1.23. The van der Waals surface area contributed by atoms with Crippen LogP contribution < -0.4 is 17.0 Å². The number of benzene rings is 1. The number of halogens is 1. The summed E-state index contributed by atoms with van der Waals surface area (Å²) in [4.78, 5) is 26.6. The first-order valence-electron chi connectivity index (χ1n) is 12.6. The lowest BCUT2D eigenvalue weighted by atomic mass is 9.74. The molecule has 2 bridgehead atoms. The van der Waals surface area contributed by atoms with Crippen LogP contribution in [0.3, 0.4) is 0 Å². The molecule has 1 atom stereocenters. The molecule has 0 radical (unpaired) electrons. The number of ether oxygens (including phenoxy) is 1. The number of nitrogens with zero attached hydrogens (tertiary/aromatic N) is 2. The predicted molar refractivity (Wildman–Crippen MR) is 123 cm³/mol. The van der Waals surface area contributed by atoms with Crippen LogP contribution in [0.4, 0.5) is 0 Å². The van der Waals surface area contributed by atoms with Crippen LogP contribution in [0, 0.1) is 5.92 Å². The number of carbonyl (C=O) groups excluding carboxylic acids is 2. The summed E-state index contributed by atoms with van der Waals surface area (Å²) in [5, 5.41) is 3.89. The lowest BCUT2D eigenvalue weighted by molar-refractivity contribution is -0.939. The van der Waals surface area contributed by atoms with Gasteiger partial charge in [-0.15, -0.1) is 0 Å². The molecule has 1 aliphatic carbocycles. The highest BCUT2D eigenvalue weighted by Gasteiger charge is 2.50. The fraction of sp³-hybridized carbons (Fsp3) is 0.593. The molecule has 6 nitrogen and oxygen atoms in total. The van der Waals surface area contributed by atoms with Crippen molar-refractivity contribution in [2.45, 2.75) is 69.3 Å². The van der Waals surface area contributed by atoms with Gasteiger partial charge in [-0.25, -0.2) is 0 Å². The van der Waals surface area contributed by atoms with E-state index in [1.54, 1.807) is 6.07 Å². The minimum atomic E-state index is -0.530. The topological polar surface area (TPSA) is 69.4 Å². The molecule has 4 aliphatic rings. The molecule has 34 heavy (non-hydrogen) atoms. The molecule has 4 fully saturated rings. The summed E-state index contributed by atoms with van der Waals surface area (Å²) in [7, 11) is 0. The minimum absolute atomic E-state index is 0. The SMILES string of the molecule is O=C(Cc1ccon1)C[N+]12CCC(CC1)[C@@H](OC(=O)C1(c3ccccc3)CCCCCC1)C2.[Br-]. The molecular formula is C27H35BrN2O4. The maximum atomic E-state index is 13.8. The van der Waals surface area contributed by atoms with E-state index in [0.29, 0.717) is 24.6 Å². The molecule has 0 amide bonds. The third-order valence-corrected chi connectivity index (χ3v) is 8.36. The Morgan fingerprint density at radius 2 is 1.74 bits per heavy atom. The van der Waals surface area contributed by atoms with E-state index in [1.165, 1.54) is 19.1 Å². The summed E-state index contributed by atoms with van der Waals surface area (Å²) < 4.78 is 12.0. The molecule has 1 aromatic carbocycles. The summed E-state index contributed by atoms with van der Waals surface area (Å²) in [6.45, 7) is 3.23. The summed E-state index contributed by atoms with van der Waals surface area (Å²) in [6.07, 6.45) is 9.98. The number of quaternary nitrogens is 1. The number of hydrogen-bond donors (Lipinski definition) is 0. The van der Waals surface area contributed by atoms with Crippen molar-refractivity contribution in [2.75, 3.05) is 26.2 Å². The maximum Gasteiger partial charge on any atom is 0.317 e. The fourth-order valence-corrected chi connectivity index (χ4v) is 6.49. The zero-order chi connectivity index (χ0) is 22.7. The summed E-state index contributed by atoms with van der Waals surface area (Å²) in [6, 6.07) is 12.0. The van der Waals surface area contributed by atoms with E-state index in [-0.39, 0.29) is 34.8 Å². The summed E-state index contributed by atoms with van der Waals surface area (Å²) in [5.74, 6) is 0.554. The van der Waals surface area contributed by atoms with Gasteiger partial charge in [0.1, 0.15) is 19.4 Å².